The zero-order valence-electron chi connectivity index (χ0n) is 28.5. The third kappa shape index (κ3) is 10.1. The van der Waals surface area contributed by atoms with Crippen LogP contribution in [-0.2, 0) is 47.4 Å². The summed E-state index contributed by atoms with van der Waals surface area (Å²) in [4.78, 5) is 12.9. The zero-order valence-corrected chi connectivity index (χ0v) is 28.5. The summed E-state index contributed by atoms with van der Waals surface area (Å²) in [7, 11) is 0. The number of allylic oxidation sites excluding steroid dienone is 2. The van der Waals surface area contributed by atoms with Crippen molar-refractivity contribution in [2.75, 3.05) is 6.61 Å². The summed E-state index contributed by atoms with van der Waals surface area (Å²) < 4.78 is 56.2. The number of unbranched alkanes of at least 4 members (excludes halogenated alkanes) is 5. The molecule has 0 aromatic carbocycles. The molecule has 0 bridgehead atoms. The van der Waals surface area contributed by atoms with Crippen LogP contribution in [0.4, 0.5) is 0 Å². The number of esters is 1. The molecule has 11 heteroatoms. The Hall–Kier alpha value is -1.41. The van der Waals surface area contributed by atoms with Gasteiger partial charge in [-0.1, -0.05) is 38.3 Å². The standard InChI is InChI=1S/C35H58O11/c1-8-11-14-17-20-26(36)43-30-27(37)33(42-25-21-38-23(5)40-29(25)30)44-32-31-28(45-35(6,7)46-31)22(4)39-34(32)41-24(18-15-12-9-2)19-16-13-10-3/h8-9,22-25,27-34,37H,1-2,10-21H2,3-7H3. The van der Waals surface area contributed by atoms with Gasteiger partial charge >= 0.3 is 5.97 Å². The lowest BCUT2D eigenvalue weighted by Crippen LogP contribution is -2.66. The van der Waals surface area contributed by atoms with E-state index in [-0.39, 0.29) is 25.2 Å². The van der Waals surface area contributed by atoms with Crippen LogP contribution >= 0.6 is 0 Å². The first-order valence-corrected chi connectivity index (χ1v) is 17.4. The molecule has 4 heterocycles. The van der Waals surface area contributed by atoms with Crippen LogP contribution in [0.2, 0.25) is 0 Å². The van der Waals surface area contributed by atoms with Crippen LogP contribution in [0.15, 0.2) is 25.3 Å². The van der Waals surface area contributed by atoms with E-state index in [1.807, 2.05) is 32.9 Å². The van der Waals surface area contributed by atoms with Crippen molar-refractivity contribution in [1.29, 1.82) is 0 Å². The first-order chi connectivity index (χ1) is 22.1. The normalized spacial score (nSPS) is 37.6. The van der Waals surface area contributed by atoms with E-state index in [1.165, 1.54) is 0 Å². The maximum Gasteiger partial charge on any atom is 0.306 e. The van der Waals surface area contributed by atoms with E-state index in [0.717, 1.165) is 57.8 Å². The molecule has 12 unspecified atom stereocenters. The molecule has 264 valence electrons. The van der Waals surface area contributed by atoms with Gasteiger partial charge < -0.3 is 47.7 Å². The number of hydrogen-bond acceptors (Lipinski definition) is 11. The summed E-state index contributed by atoms with van der Waals surface area (Å²) in [5.41, 5.74) is 0. The summed E-state index contributed by atoms with van der Waals surface area (Å²) in [5, 5.41) is 11.7. The van der Waals surface area contributed by atoms with E-state index < -0.39 is 73.4 Å². The number of ether oxygens (including phenoxy) is 9. The van der Waals surface area contributed by atoms with Crippen molar-refractivity contribution in [2.45, 2.75) is 185 Å². The highest BCUT2D eigenvalue weighted by atomic mass is 16.8. The van der Waals surface area contributed by atoms with Gasteiger partial charge in [-0.3, -0.25) is 4.79 Å². The number of rotatable bonds is 18. The average molecular weight is 655 g/mol. The van der Waals surface area contributed by atoms with E-state index in [9.17, 15) is 9.90 Å². The maximum absolute atomic E-state index is 12.9. The molecule has 0 aromatic rings. The molecule has 4 aliphatic heterocycles. The first kappa shape index (κ1) is 37.4. The molecule has 12 atom stereocenters. The molecule has 4 saturated heterocycles. The van der Waals surface area contributed by atoms with Crippen LogP contribution in [0.25, 0.3) is 0 Å². The Morgan fingerprint density at radius 3 is 2.37 bits per heavy atom. The Balaban J connectivity index is 1.55. The van der Waals surface area contributed by atoms with Crippen LogP contribution < -0.4 is 0 Å². The fourth-order valence-electron chi connectivity index (χ4n) is 6.64. The van der Waals surface area contributed by atoms with E-state index >= 15 is 0 Å². The predicted octanol–water partition coefficient (Wildman–Crippen LogP) is 5.46. The summed E-state index contributed by atoms with van der Waals surface area (Å²) in [6, 6.07) is 0. The van der Waals surface area contributed by atoms with E-state index in [2.05, 4.69) is 20.1 Å². The highest BCUT2D eigenvalue weighted by molar-refractivity contribution is 5.69. The third-order valence-corrected chi connectivity index (χ3v) is 9.01. The molecular formula is C35H58O11. The summed E-state index contributed by atoms with van der Waals surface area (Å²) in [6.07, 6.45) is 4.53. The summed E-state index contributed by atoms with van der Waals surface area (Å²) >= 11 is 0. The fourth-order valence-corrected chi connectivity index (χ4v) is 6.64. The topological polar surface area (TPSA) is 120 Å². The molecular weight excluding hydrogens is 596 g/mol. The lowest BCUT2D eigenvalue weighted by molar-refractivity contribution is -0.385. The van der Waals surface area contributed by atoms with Gasteiger partial charge in [-0.25, -0.2) is 0 Å². The Labute approximate surface area is 275 Å². The fraction of sp³-hybridized carbons (Fsp3) is 0.857. The Morgan fingerprint density at radius 1 is 0.913 bits per heavy atom. The number of aliphatic hydroxyl groups excluding tert-OH is 1. The average Bonchev–Trinajstić information content (AvgIpc) is 3.35. The van der Waals surface area contributed by atoms with Crippen molar-refractivity contribution in [3.8, 4) is 0 Å². The van der Waals surface area contributed by atoms with Gasteiger partial charge in [0.1, 0.15) is 36.6 Å². The van der Waals surface area contributed by atoms with Crippen molar-refractivity contribution in [3.63, 3.8) is 0 Å². The van der Waals surface area contributed by atoms with Crippen LogP contribution in [-0.4, -0.2) is 97.3 Å². The molecule has 11 nitrogen and oxygen atoms in total. The lowest BCUT2D eigenvalue weighted by Gasteiger charge is -2.49. The first-order valence-electron chi connectivity index (χ1n) is 17.4. The van der Waals surface area contributed by atoms with Crippen molar-refractivity contribution >= 4 is 5.97 Å². The number of fused-ring (bicyclic) bond motifs is 2. The molecule has 0 aliphatic carbocycles. The largest absolute Gasteiger partial charge is 0.456 e. The van der Waals surface area contributed by atoms with Gasteiger partial charge in [-0.2, -0.15) is 0 Å². The molecule has 4 rings (SSSR count). The van der Waals surface area contributed by atoms with Crippen LogP contribution in [0.3, 0.4) is 0 Å². The Kier molecular flexibility index (Phi) is 14.5. The van der Waals surface area contributed by atoms with Gasteiger partial charge in [-0.15, -0.1) is 13.2 Å². The van der Waals surface area contributed by atoms with Gasteiger partial charge in [0.15, 0.2) is 30.8 Å². The molecule has 0 radical (unpaired) electrons. The second-order valence-corrected chi connectivity index (χ2v) is 13.4. The second kappa shape index (κ2) is 17.8. The molecule has 4 fully saturated rings. The van der Waals surface area contributed by atoms with Crippen molar-refractivity contribution < 1.29 is 52.5 Å². The lowest BCUT2D eigenvalue weighted by atomic mass is 9.96. The summed E-state index contributed by atoms with van der Waals surface area (Å²) in [5.74, 6) is -1.30. The molecule has 0 saturated carbocycles. The van der Waals surface area contributed by atoms with E-state index in [4.69, 9.17) is 42.6 Å². The quantitative estimate of drug-likeness (QED) is 0.115. The van der Waals surface area contributed by atoms with Gasteiger partial charge in [0.25, 0.3) is 0 Å². The SMILES string of the molecule is C=CCCCCC(=O)OC1C(O)C(OC2C(OC(CCCC=C)CCCCC)OC(C)C3OC(C)(C)OC32)OC2COC(C)OC21. The minimum absolute atomic E-state index is 0.0697. The van der Waals surface area contributed by atoms with Gasteiger partial charge in [0.2, 0.25) is 0 Å². The molecule has 0 amide bonds. The molecule has 0 spiro atoms. The zero-order chi connectivity index (χ0) is 33.3. The molecule has 4 aliphatic rings. The van der Waals surface area contributed by atoms with Crippen molar-refractivity contribution in [1.82, 2.24) is 0 Å². The number of hydrogen-bond donors (Lipinski definition) is 1. The summed E-state index contributed by atoms with van der Waals surface area (Å²) in [6.45, 7) is 17.4. The Bertz CT molecular complexity index is 959. The minimum Gasteiger partial charge on any atom is -0.456 e. The number of carbonyl (C=O) groups is 1. The van der Waals surface area contributed by atoms with Crippen LogP contribution in [0.5, 0.6) is 0 Å². The van der Waals surface area contributed by atoms with Crippen LogP contribution in [0.1, 0.15) is 105 Å². The van der Waals surface area contributed by atoms with Gasteiger partial charge in [0.05, 0.1) is 18.8 Å². The highest BCUT2D eigenvalue weighted by Crippen LogP contribution is 2.41. The van der Waals surface area contributed by atoms with Crippen molar-refractivity contribution in [3.05, 3.63) is 25.3 Å². The number of aliphatic hydroxyl groups is 1. The highest BCUT2D eigenvalue weighted by Gasteiger charge is 2.58. The van der Waals surface area contributed by atoms with E-state index in [1.54, 1.807) is 6.92 Å². The van der Waals surface area contributed by atoms with E-state index in [0.29, 0.717) is 6.42 Å². The van der Waals surface area contributed by atoms with Crippen LogP contribution in [0, 0.1) is 0 Å². The smallest absolute Gasteiger partial charge is 0.306 e. The predicted molar refractivity (Wildman–Crippen MR) is 170 cm³/mol. The van der Waals surface area contributed by atoms with Crippen molar-refractivity contribution in [2.24, 2.45) is 0 Å². The molecule has 0 aromatic heterocycles. The second-order valence-electron chi connectivity index (χ2n) is 13.4. The molecule has 46 heavy (non-hydrogen) atoms. The third-order valence-electron chi connectivity index (χ3n) is 9.01. The Morgan fingerprint density at radius 2 is 1.63 bits per heavy atom. The van der Waals surface area contributed by atoms with Gasteiger partial charge in [0, 0.05) is 6.42 Å². The minimum atomic E-state index is -1.36. The number of carbonyl (C=O) groups excluding carboxylic acids is 1. The maximum atomic E-state index is 12.9. The van der Waals surface area contributed by atoms with Gasteiger partial charge in [-0.05, 0) is 72.6 Å². The monoisotopic (exact) mass is 654 g/mol. The molecule has 1 N–H and O–H groups in total.